The number of nitrogens with one attached hydrogen (secondary N) is 1. The van der Waals surface area contributed by atoms with Gasteiger partial charge in [0.1, 0.15) is 11.5 Å². The third kappa shape index (κ3) is 5.24. The molecule has 0 aliphatic rings. The summed E-state index contributed by atoms with van der Waals surface area (Å²) in [5, 5.41) is 5.31. The van der Waals surface area contributed by atoms with Crippen LogP contribution in [0, 0.1) is 0 Å². The van der Waals surface area contributed by atoms with Crippen LogP contribution in [0.5, 0.6) is 11.5 Å². The first kappa shape index (κ1) is 19.7. The molecule has 28 heavy (non-hydrogen) atoms. The first-order valence-corrected chi connectivity index (χ1v) is 9.25. The van der Waals surface area contributed by atoms with Crippen LogP contribution in [0.25, 0.3) is 10.8 Å². The first-order chi connectivity index (χ1) is 13.5. The lowest BCUT2D eigenvalue weighted by molar-refractivity contribution is -0.134. The average Bonchev–Trinajstić information content (AvgIpc) is 2.71. The number of ether oxygens (including phenoxy) is 2. The maximum Gasteiger partial charge on any atom is 0.311 e. The van der Waals surface area contributed by atoms with Crippen LogP contribution >= 0.6 is 11.6 Å². The summed E-state index contributed by atoms with van der Waals surface area (Å²) < 4.78 is 10.6. The van der Waals surface area contributed by atoms with Gasteiger partial charge in [0, 0.05) is 23.6 Å². The van der Waals surface area contributed by atoms with E-state index in [1.54, 1.807) is 43.5 Å². The number of esters is 1. The van der Waals surface area contributed by atoms with E-state index in [2.05, 4.69) is 5.32 Å². The third-order valence-corrected chi connectivity index (χ3v) is 4.45. The minimum absolute atomic E-state index is 0.200. The zero-order valence-corrected chi connectivity index (χ0v) is 16.2. The van der Waals surface area contributed by atoms with Crippen LogP contribution in [0.1, 0.15) is 23.2 Å². The minimum Gasteiger partial charge on any atom is -0.497 e. The average molecular weight is 398 g/mol. The van der Waals surface area contributed by atoms with E-state index in [1.807, 2.05) is 24.3 Å². The Kier molecular flexibility index (Phi) is 6.50. The number of rotatable bonds is 7. The van der Waals surface area contributed by atoms with Crippen LogP contribution in [0.2, 0.25) is 5.02 Å². The van der Waals surface area contributed by atoms with Crippen molar-refractivity contribution in [3.8, 4) is 11.5 Å². The predicted molar refractivity (Wildman–Crippen MR) is 109 cm³/mol. The molecule has 1 N–H and O–H groups in total. The molecule has 0 radical (unpaired) electrons. The van der Waals surface area contributed by atoms with Gasteiger partial charge in [0.05, 0.1) is 7.11 Å². The van der Waals surface area contributed by atoms with Crippen LogP contribution in [-0.2, 0) is 4.79 Å². The number of halogens is 1. The maximum atomic E-state index is 12.0. The molecule has 0 aliphatic heterocycles. The Hall–Kier alpha value is -3.05. The molecular weight excluding hydrogens is 378 g/mol. The van der Waals surface area contributed by atoms with E-state index < -0.39 is 0 Å². The highest BCUT2D eigenvalue weighted by atomic mass is 35.5. The Labute approximate surface area is 168 Å². The van der Waals surface area contributed by atoms with Crippen LogP contribution in [0.4, 0.5) is 0 Å². The van der Waals surface area contributed by atoms with E-state index in [0.717, 1.165) is 16.5 Å². The van der Waals surface area contributed by atoms with E-state index in [0.29, 0.717) is 29.3 Å². The van der Waals surface area contributed by atoms with Crippen LogP contribution in [0.15, 0.2) is 60.7 Å². The highest BCUT2D eigenvalue weighted by Gasteiger charge is 2.08. The SMILES string of the molecule is COc1ccc2ccc(OC(=O)CCCNC(=O)c3ccc(Cl)cc3)cc2c1. The van der Waals surface area contributed by atoms with Gasteiger partial charge in [-0.25, -0.2) is 0 Å². The number of carbonyl (C=O) groups is 2. The summed E-state index contributed by atoms with van der Waals surface area (Å²) in [6.07, 6.45) is 0.691. The molecule has 5 nitrogen and oxygen atoms in total. The van der Waals surface area contributed by atoms with Crippen molar-refractivity contribution in [3.05, 3.63) is 71.2 Å². The molecule has 0 unspecified atom stereocenters. The van der Waals surface area contributed by atoms with E-state index in [1.165, 1.54) is 0 Å². The van der Waals surface area contributed by atoms with Gasteiger partial charge in [0.2, 0.25) is 0 Å². The van der Waals surface area contributed by atoms with Crippen molar-refractivity contribution in [3.63, 3.8) is 0 Å². The molecule has 3 aromatic carbocycles. The van der Waals surface area contributed by atoms with Crippen molar-refractivity contribution < 1.29 is 19.1 Å². The maximum absolute atomic E-state index is 12.0. The number of hydrogen-bond donors (Lipinski definition) is 1. The Morgan fingerprint density at radius 3 is 2.32 bits per heavy atom. The number of carbonyl (C=O) groups excluding carboxylic acids is 2. The summed E-state index contributed by atoms with van der Waals surface area (Å²) in [4.78, 5) is 24.0. The summed E-state index contributed by atoms with van der Waals surface area (Å²) in [7, 11) is 1.61. The number of methoxy groups -OCH3 is 1. The molecule has 0 fully saturated rings. The summed E-state index contributed by atoms with van der Waals surface area (Å²) in [6.45, 7) is 0.380. The molecule has 0 heterocycles. The second-order valence-corrected chi connectivity index (χ2v) is 6.65. The van der Waals surface area contributed by atoms with Gasteiger partial charge in [0.15, 0.2) is 0 Å². The molecule has 0 bridgehead atoms. The van der Waals surface area contributed by atoms with Crippen molar-refractivity contribution in [2.24, 2.45) is 0 Å². The summed E-state index contributed by atoms with van der Waals surface area (Å²) in [5.41, 5.74) is 0.526. The largest absolute Gasteiger partial charge is 0.497 e. The summed E-state index contributed by atoms with van der Waals surface area (Å²) in [6, 6.07) is 17.8. The number of benzene rings is 3. The van der Waals surface area contributed by atoms with Crippen molar-refractivity contribution >= 4 is 34.2 Å². The van der Waals surface area contributed by atoms with Crippen molar-refractivity contribution in [1.82, 2.24) is 5.32 Å². The standard InChI is InChI=1S/C22H20ClNO4/c1-27-19-10-6-15-7-11-20(14-17(15)13-19)28-21(25)3-2-12-24-22(26)16-4-8-18(23)9-5-16/h4-11,13-14H,2-3,12H2,1H3,(H,24,26). The van der Waals surface area contributed by atoms with Gasteiger partial charge in [-0.2, -0.15) is 0 Å². The van der Waals surface area contributed by atoms with Gasteiger partial charge >= 0.3 is 5.97 Å². The molecular formula is C22H20ClNO4. The molecule has 0 spiro atoms. The van der Waals surface area contributed by atoms with Gasteiger partial charge in [-0.1, -0.05) is 23.7 Å². The number of hydrogen-bond acceptors (Lipinski definition) is 4. The summed E-state index contributed by atoms with van der Waals surface area (Å²) in [5.74, 6) is 0.680. The molecule has 6 heteroatoms. The number of amides is 1. The van der Waals surface area contributed by atoms with Gasteiger partial charge in [-0.15, -0.1) is 0 Å². The van der Waals surface area contributed by atoms with E-state index in [-0.39, 0.29) is 18.3 Å². The second-order valence-electron chi connectivity index (χ2n) is 6.22. The molecule has 0 saturated carbocycles. The fraction of sp³-hybridized carbons (Fsp3) is 0.182. The predicted octanol–water partition coefficient (Wildman–Crippen LogP) is 4.62. The Morgan fingerprint density at radius 2 is 1.61 bits per heavy atom. The Balaban J connectivity index is 1.47. The highest BCUT2D eigenvalue weighted by molar-refractivity contribution is 6.30. The minimum atomic E-state index is -0.344. The zero-order chi connectivity index (χ0) is 19.9. The van der Waals surface area contributed by atoms with Gasteiger partial charge in [-0.05, 0) is 65.7 Å². The van der Waals surface area contributed by atoms with Crippen LogP contribution in [-0.4, -0.2) is 25.5 Å². The molecule has 0 atom stereocenters. The van der Waals surface area contributed by atoms with Gasteiger partial charge in [0.25, 0.3) is 5.91 Å². The van der Waals surface area contributed by atoms with Crippen LogP contribution in [0.3, 0.4) is 0 Å². The Morgan fingerprint density at radius 1 is 0.929 bits per heavy atom. The van der Waals surface area contributed by atoms with Crippen molar-refractivity contribution in [2.75, 3.05) is 13.7 Å². The first-order valence-electron chi connectivity index (χ1n) is 8.87. The quantitative estimate of drug-likeness (QED) is 0.359. The summed E-state index contributed by atoms with van der Waals surface area (Å²) >= 11 is 5.80. The topological polar surface area (TPSA) is 64.6 Å². The Bertz CT molecular complexity index is 985. The lowest BCUT2D eigenvalue weighted by atomic mass is 10.1. The molecule has 0 saturated heterocycles. The number of fused-ring (bicyclic) bond motifs is 1. The smallest absolute Gasteiger partial charge is 0.311 e. The fourth-order valence-electron chi connectivity index (χ4n) is 2.71. The van der Waals surface area contributed by atoms with Crippen LogP contribution < -0.4 is 14.8 Å². The fourth-order valence-corrected chi connectivity index (χ4v) is 2.84. The lowest BCUT2D eigenvalue weighted by Crippen LogP contribution is -2.25. The third-order valence-electron chi connectivity index (χ3n) is 4.20. The van der Waals surface area contributed by atoms with Crippen molar-refractivity contribution in [2.45, 2.75) is 12.8 Å². The molecule has 0 aliphatic carbocycles. The molecule has 3 rings (SSSR count). The molecule has 3 aromatic rings. The van der Waals surface area contributed by atoms with E-state index in [9.17, 15) is 9.59 Å². The molecule has 1 amide bonds. The van der Waals surface area contributed by atoms with E-state index >= 15 is 0 Å². The highest BCUT2D eigenvalue weighted by Crippen LogP contribution is 2.25. The second kappa shape index (κ2) is 9.24. The van der Waals surface area contributed by atoms with Gasteiger partial charge < -0.3 is 14.8 Å². The lowest BCUT2D eigenvalue weighted by Gasteiger charge is -2.08. The molecule has 144 valence electrons. The zero-order valence-electron chi connectivity index (χ0n) is 15.4. The normalized spacial score (nSPS) is 10.5. The monoisotopic (exact) mass is 397 g/mol. The van der Waals surface area contributed by atoms with Crippen molar-refractivity contribution in [1.29, 1.82) is 0 Å². The van der Waals surface area contributed by atoms with E-state index in [4.69, 9.17) is 21.1 Å². The molecule has 0 aromatic heterocycles. The van der Waals surface area contributed by atoms with Gasteiger partial charge in [-0.3, -0.25) is 9.59 Å².